The molecule has 3 amide bonds. The average Bonchev–Trinajstić information content (AvgIpc) is 3.14. The predicted molar refractivity (Wildman–Crippen MR) is 141 cm³/mol. The third-order valence-electron chi connectivity index (χ3n) is 7.73. The number of amides is 3. The van der Waals surface area contributed by atoms with Gasteiger partial charge in [0, 0.05) is 24.5 Å². The Hall–Kier alpha value is -3.38. The van der Waals surface area contributed by atoms with Crippen LogP contribution in [0, 0.1) is 22.7 Å². The lowest BCUT2D eigenvalue weighted by atomic mass is 9.85. The highest BCUT2D eigenvalue weighted by atomic mass is 19.4. The number of aromatic nitrogens is 1. The highest BCUT2D eigenvalue weighted by Gasteiger charge is 2.70. The van der Waals surface area contributed by atoms with E-state index in [2.05, 4.69) is 15.6 Å². The minimum atomic E-state index is -4.83. The van der Waals surface area contributed by atoms with Crippen LogP contribution in [-0.2, 0) is 30.0 Å². The minimum absolute atomic E-state index is 0.0648. The molecule has 1 unspecified atom stereocenters. The number of likely N-dealkylation sites (tertiary alicyclic amines) is 1. The molecule has 10 nitrogen and oxygen atoms in total. The van der Waals surface area contributed by atoms with Gasteiger partial charge in [0.1, 0.15) is 17.7 Å². The molecule has 0 spiro atoms. The van der Waals surface area contributed by atoms with Gasteiger partial charge in [-0.15, -0.1) is 0 Å². The fourth-order valence-electron chi connectivity index (χ4n) is 5.56. The summed E-state index contributed by atoms with van der Waals surface area (Å²) in [5.74, 6) is -2.86. The molecule has 1 aliphatic heterocycles. The first-order chi connectivity index (χ1) is 18.6. The lowest BCUT2D eigenvalue weighted by molar-refractivity contribution is -0.149. The number of nitrogens with one attached hydrogen (secondary N) is 2. The second kappa shape index (κ2) is 10.8. The average molecular weight is 585 g/mol. The van der Waals surface area contributed by atoms with Gasteiger partial charge < -0.3 is 25.0 Å². The van der Waals surface area contributed by atoms with Crippen LogP contribution in [0.4, 0.5) is 18.0 Å². The van der Waals surface area contributed by atoms with Crippen molar-refractivity contribution in [1.82, 2.24) is 20.5 Å². The Balaban J connectivity index is 1.96. The molecule has 13 heteroatoms. The highest BCUT2D eigenvalue weighted by molar-refractivity contribution is 5.95. The number of carbonyl (C=O) groups is 4. The number of ether oxygens (including phenoxy) is 2. The van der Waals surface area contributed by atoms with E-state index in [-0.39, 0.29) is 23.8 Å². The fraction of sp³-hybridized carbons (Fsp3) is 0.679. The molecule has 41 heavy (non-hydrogen) atoms. The molecule has 1 aromatic heterocycles. The van der Waals surface area contributed by atoms with Gasteiger partial charge in [0.2, 0.25) is 11.8 Å². The number of methoxy groups -OCH3 is 1. The number of hydrogen-bond acceptors (Lipinski definition) is 7. The van der Waals surface area contributed by atoms with Crippen molar-refractivity contribution in [2.75, 3.05) is 13.7 Å². The molecule has 0 bridgehead atoms. The van der Waals surface area contributed by atoms with E-state index in [1.807, 2.05) is 13.8 Å². The number of alkyl carbamates (subject to hydrolysis) is 1. The topological polar surface area (TPSA) is 127 Å². The van der Waals surface area contributed by atoms with E-state index in [4.69, 9.17) is 9.47 Å². The molecule has 228 valence electrons. The quantitative estimate of drug-likeness (QED) is 0.487. The van der Waals surface area contributed by atoms with Crippen molar-refractivity contribution in [1.29, 1.82) is 0 Å². The number of nitrogens with zero attached hydrogens (tertiary/aromatic N) is 2. The molecule has 1 aromatic rings. The predicted octanol–water partition coefficient (Wildman–Crippen LogP) is 3.85. The summed E-state index contributed by atoms with van der Waals surface area (Å²) in [5.41, 5.74) is -3.67. The molecule has 1 saturated heterocycles. The Morgan fingerprint density at radius 2 is 1.68 bits per heavy atom. The number of piperidine rings is 1. The van der Waals surface area contributed by atoms with E-state index in [1.54, 1.807) is 41.5 Å². The zero-order valence-electron chi connectivity index (χ0n) is 24.8. The number of alkyl halides is 3. The monoisotopic (exact) mass is 584 g/mol. The maximum Gasteiger partial charge on any atom is 0.416 e. The van der Waals surface area contributed by atoms with E-state index >= 15 is 0 Å². The maximum atomic E-state index is 13.9. The van der Waals surface area contributed by atoms with Crippen LogP contribution in [0.25, 0.3) is 0 Å². The summed E-state index contributed by atoms with van der Waals surface area (Å²) in [6, 6.07) is -3.31. The lowest BCUT2D eigenvalue weighted by Gasteiger charge is -2.38. The Kier molecular flexibility index (Phi) is 8.46. The van der Waals surface area contributed by atoms with Gasteiger partial charge in [0.05, 0.1) is 12.7 Å². The molecule has 0 radical (unpaired) electrons. The number of carbonyl (C=O) groups excluding carboxylic acids is 4. The smallest absolute Gasteiger partial charge is 0.416 e. The van der Waals surface area contributed by atoms with Crippen molar-refractivity contribution in [3.05, 3.63) is 29.6 Å². The number of esters is 1. The molecular weight excluding hydrogens is 545 g/mol. The number of fused-ring (bicyclic) bond motifs is 1. The molecule has 0 aromatic carbocycles. The van der Waals surface area contributed by atoms with Crippen molar-refractivity contribution in [2.24, 2.45) is 22.7 Å². The summed E-state index contributed by atoms with van der Waals surface area (Å²) in [6.45, 7) is 14.4. The molecular formula is C28H39F3N4O6. The van der Waals surface area contributed by atoms with Crippen LogP contribution in [-0.4, -0.2) is 65.1 Å². The van der Waals surface area contributed by atoms with Crippen LogP contribution in [0.5, 0.6) is 0 Å². The van der Waals surface area contributed by atoms with Crippen LogP contribution >= 0.6 is 0 Å². The van der Waals surface area contributed by atoms with Gasteiger partial charge in [0.15, 0.2) is 6.04 Å². The van der Waals surface area contributed by atoms with E-state index in [0.29, 0.717) is 6.07 Å². The Bertz CT molecular complexity index is 1200. The first-order valence-electron chi connectivity index (χ1n) is 13.3. The zero-order valence-corrected chi connectivity index (χ0v) is 24.8. The van der Waals surface area contributed by atoms with Crippen molar-refractivity contribution in [3.8, 4) is 0 Å². The maximum absolute atomic E-state index is 13.9. The second-order valence-electron chi connectivity index (χ2n) is 13.3. The standard InChI is InChI=1S/C28H39F3N4O6/c1-25(2,3)20(34-24(39)41-26(4,5)6)22(37)35-13-16-17(27(16,7)8)19(35)21(36)33-18(23(38)40-9)14-12-32-11-10-15(14)28(29,30)31/h10-12,16-20H,13H2,1-9H3,(H,33,36)(H,34,39)/t16-,17-,18?,19-,20+/m0/s1. The molecule has 5 atom stereocenters. The Morgan fingerprint density at radius 3 is 2.20 bits per heavy atom. The largest absolute Gasteiger partial charge is 0.467 e. The Labute approximate surface area is 237 Å². The third-order valence-corrected chi connectivity index (χ3v) is 7.73. The summed E-state index contributed by atoms with van der Waals surface area (Å²) in [6.07, 6.45) is -3.85. The summed E-state index contributed by atoms with van der Waals surface area (Å²) in [4.78, 5) is 58.1. The molecule has 2 heterocycles. The van der Waals surface area contributed by atoms with Crippen LogP contribution < -0.4 is 10.6 Å². The van der Waals surface area contributed by atoms with E-state index in [9.17, 15) is 32.3 Å². The zero-order chi connectivity index (χ0) is 31.3. The van der Waals surface area contributed by atoms with Crippen molar-refractivity contribution in [2.45, 2.75) is 85.3 Å². The molecule has 3 rings (SSSR count). The SMILES string of the molecule is COC(=O)C(NC(=O)[C@@H]1[C@@H]2[C@H](CN1C(=O)[C@@H](NC(=O)OC(C)(C)C)C(C)(C)C)C2(C)C)c1cnccc1C(F)(F)F. The molecule has 1 aliphatic carbocycles. The summed E-state index contributed by atoms with van der Waals surface area (Å²) >= 11 is 0. The van der Waals surface area contributed by atoms with Crippen LogP contribution in [0.3, 0.4) is 0 Å². The van der Waals surface area contributed by atoms with Gasteiger partial charge >= 0.3 is 18.2 Å². The van der Waals surface area contributed by atoms with Crippen molar-refractivity contribution >= 4 is 23.9 Å². The number of halogens is 3. The fourth-order valence-corrected chi connectivity index (χ4v) is 5.56. The van der Waals surface area contributed by atoms with Gasteiger partial charge in [-0.2, -0.15) is 13.2 Å². The normalized spacial score (nSPS) is 23.1. The molecule has 2 N–H and O–H groups in total. The summed E-state index contributed by atoms with van der Waals surface area (Å²) in [7, 11) is 0.993. The molecule has 2 aliphatic rings. The first kappa shape index (κ1) is 32.1. The van der Waals surface area contributed by atoms with Crippen molar-refractivity contribution < 1.29 is 41.8 Å². The van der Waals surface area contributed by atoms with Gasteiger partial charge in [-0.25, -0.2) is 9.59 Å². The van der Waals surface area contributed by atoms with E-state index in [0.717, 1.165) is 19.5 Å². The molecule has 2 fully saturated rings. The summed E-state index contributed by atoms with van der Waals surface area (Å²) < 4.78 is 51.4. The third kappa shape index (κ3) is 6.75. The van der Waals surface area contributed by atoms with Crippen LogP contribution in [0.1, 0.15) is 72.6 Å². The number of rotatable bonds is 6. The highest BCUT2D eigenvalue weighted by Crippen LogP contribution is 2.65. The second-order valence-corrected chi connectivity index (χ2v) is 13.3. The minimum Gasteiger partial charge on any atom is -0.467 e. The lowest BCUT2D eigenvalue weighted by Crippen LogP contribution is -2.60. The Morgan fingerprint density at radius 1 is 1.07 bits per heavy atom. The summed E-state index contributed by atoms with van der Waals surface area (Å²) in [5, 5.41) is 5.03. The first-order valence-corrected chi connectivity index (χ1v) is 13.3. The number of hydrogen-bond donors (Lipinski definition) is 2. The van der Waals surface area contributed by atoms with Crippen LogP contribution in [0.2, 0.25) is 0 Å². The van der Waals surface area contributed by atoms with E-state index in [1.165, 1.54) is 4.90 Å². The van der Waals surface area contributed by atoms with Gasteiger partial charge in [0.25, 0.3) is 0 Å². The molecule has 1 saturated carbocycles. The van der Waals surface area contributed by atoms with Gasteiger partial charge in [-0.1, -0.05) is 34.6 Å². The number of pyridine rings is 1. The van der Waals surface area contributed by atoms with Gasteiger partial charge in [-0.3, -0.25) is 14.6 Å². The van der Waals surface area contributed by atoms with E-state index < -0.39 is 70.3 Å². The van der Waals surface area contributed by atoms with Crippen LogP contribution in [0.15, 0.2) is 18.5 Å². The van der Waals surface area contributed by atoms with Gasteiger partial charge in [-0.05, 0) is 49.5 Å². The van der Waals surface area contributed by atoms with Crippen molar-refractivity contribution in [3.63, 3.8) is 0 Å².